The highest BCUT2D eigenvalue weighted by Crippen LogP contribution is 2.32. The molecule has 0 bridgehead atoms. The van der Waals surface area contributed by atoms with Gasteiger partial charge >= 0.3 is 12.1 Å². The van der Waals surface area contributed by atoms with Gasteiger partial charge in [-0.05, 0) is 25.1 Å². The average Bonchev–Trinajstić information content (AvgIpc) is 2.77. The molecule has 0 radical (unpaired) electrons. The molecule has 1 aliphatic rings. The van der Waals surface area contributed by atoms with Crippen molar-refractivity contribution >= 4 is 22.6 Å². The maximum absolute atomic E-state index is 11.8. The van der Waals surface area contributed by atoms with E-state index >= 15 is 0 Å². The number of esters is 1. The Morgan fingerprint density at radius 2 is 1.90 bits per heavy atom. The Balaban J connectivity index is 1.65. The van der Waals surface area contributed by atoms with Gasteiger partial charge in [0.1, 0.15) is 24.4 Å². The number of cyclic esters (lactones) is 1. The Hall–Kier alpha value is -3.20. The zero-order chi connectivity index (χ0) is 21.1. The molecule has 2 heterocycles. The second-order valence-corrected chi connectivity index (χ2v) is 6.77. The first-order valence-corrected chi connectivity index (χ1v) is 9.49. The molecule has 0 spiro atoms. The van der Waals surface area contributed by atoms with E-state index in [0.29, 0.717) is 11.4 Å². The number of nitrogens with zero attached hydrogens (tertiary/aromatic N) is 2. The molecule has 3 aromatic rings. The molecule has 1 fully saturated rings. The van der Waals surface area contributed by atoms with Crippen LogP contribution in [0, 0.1) is 6.92 Å². The van der Waals surface area contributed by atoms with E-state index in [0.717, 1.165) is 22.2 Å². The topological polar surface area (TPSA) is 82.2 Å². The Kier molecular flexibility index (Phi) is 5.54. The summed E-state index contributed by atoms with van der Waals surface area (Å²) in [4.78, 5) is 16.4. The van der Waals surface area contributed by atoms with Gasteiger partial charge in [-0.2, -0.15) is 0 Å². The van der Waals surface area contributed by atoms with Crippen molar-refractivity contribution in [1.82, 2.24) is 10.4 Å². The predicted octanol–water partition coefficient (Wildman–Crippen LogP) is 2.89. The normalized spacial score (nSPS) is 15.8. The zero-order valence-corrected chi connectivity index (χ0v) is 17.0. The molecule has 0 amide bonds. The highest BCUT2D eigenvalue weighted by atomic mass is 16.9. The molecule has 1 saturated heterocycles. The Labute approximate surface area is 174 Å². The van der Waals surface area contributed by atoms with E-state index < -0.39 is 12.1 Å². The second-order valence-electron chi connectivity index (χ2n) is 6.77. The summed E-state index contributed by atoms with van der Waals surface area (Å²) < 4.78 is 22.3. The molecular formula is C22H23N3O5. The first-order valence-electron chi connectivity index (χ1n) is 9.49. The fraction of sp³-hybridized carbons (Fsp3) is 0.273. The lowest BCUT2D eigenvalue weighted by Gasteiger charge is -2.43. The van der Waals surface area contributed by atoms with E-state index in [2.05, 4.69) is 10.4 Å². The van der Waals surface area contributed by atoms with Crippen molar-refractivity contribution in [2.24, 2.45) is 0 Å². The van der Waals surface area contributed by atoms with Crippen molar-refractivity contribution in [2.45, 2.75) is 19.6 Å². The number of nitrogens with one attached hydrogen (secondary N) is 1. The summed E-state index contributed by atoms with van der Waals surface area (Å²) in [6.07, 6.45) is -1.72. The number of hydrogen-bond acceptors (Lipinski definition) is 8. The van der Waals surface area contributed by atoms with E-state index in [1.807, 2.05) is 61.5 Å². The first kappa shape index (κ1) is 20.1. The number of fused-ring (bicyclic) bond motifs is 1. The monoisotopic (exact) mass is 409 g/mol. The highest BCUT2D eigenvalue weighted by Gasteiger charge is 2.47. The third kappa shape index (κ3) is 3.68. The van der Waals surface area contributed by atoms with Crippen LogP contribution in [-0.2, 0) is 25.6 Å². The number of benzene rings is 2. The van der Waals surface area contributed by atoms with Gasteiger partial charge in [0, 0.05) is 30.9 Å². The van der Waals surface area contributed by atoms with Crippen LogP contribution in [0.4, 0.5) is 5.69 Å². The Morgan fingerprint density at radius 1 is 1.10 bits per heavy atom. The molecule has 156 valence electrons. The molecule has 0 aliphatic carbocycles. The van der Waals surface area contributed by atoms with Gasteiger partial charge in [-0.15, -0.1) is 0 Å². The van der Waals surface area contributed by atoms with Gasteiger partial charge in [0.25, 0.3) is 0 Å². The summed E-state index contributed by atoms with van der Waals surface area (Å²) in [7, 11) is 2.81. The van der Waals surface area contributed by atoms with E-state index in [-0.39, 0.29) is 13.2 Å². The first-order chi connectivity index (χ1) is 14.6. The number of ether oxygens (including phenoxy) is 4. The maximum Gasteiger partial charge on any atom is 0.439 e. The van der Waals surface area contributed by atoms with Crippen molar-refractivity contribution in [3.63, 3.8) is 0 Å². The van der Waals surface area contributed by atoms with Crippen molar-refractivity contribution in [3.8, 4) is 5.75 Å². The third-order valence-corrected chi connectivity index (χ3v) is 4.85. The number of aromatic nitrogens is 1. The van der Waals surface area contributed by atoms with Crippen LogP contribution in [0.1, 0.15) is 11.3 Å². The average molecular weight is 409 g/mol. The van der Waals surface area contributed by atoms with Crippen molar-refractivity contribution in [2.75, 3.05) is 25.8 Å². The summed E-state index contributed by atoms with van der Waals surface area (Å²) in [5.41, 5.74) is 6.25. The van der Waals surface area contributed by atoms with E-state index in [1.165, 1.54) is 14.2 Å². The number of carbonyl (C=O) groups is 1. The van der Waals surface area contributed by atoms with Gasteiger partial charge < -0.3 is 18.9 Å². The predicted molar refractivity (Wildman–Crippen MR) is 111 cm³/mol. The van der Waals surface area contributed by atoms with Crippen LogP contribution in [0.5, 0.6) is 5.75 Å². The summed E-state index contributed by atoms with van der Waals surface area (Å²) in [5, 5.41) is 2.55. The van der Waals surface area contributed by atoms with Gasteiger partial charge in [0.15, 0.2) is 0 Å². The fourth-order valence-corrected chi connectivity index (χ4v) is 3.39. The molecule has 0 saturated carbocycles. The zero-order valence-electron chi connectivity index (χ0n) is 17.0. The van der Waals surface area contributed by atoms with Gasteiger partial charge in [-0.1, -0.05) is 36.4 Å². The minimum atomic E-state index is -1.72. The number of para-hydroxylation sites is 2. The molecular weight excluding hydrogens is 386 g/mol. The SMILES string of the molecule is COC1(OC)OC(=O)CNN1c1ccccc1COc1cccc2ccc(C)nc12. The minimum Gasteiger partial charge on any atom is -0.487 e. The maximum atomic E-state index is 11.8. The molecule has 8 nitrogen and oxygen atoms in total. The Morgan fingerprint density at radius 3 is 2.70 bits per heavy atom. The third-order valence-electron chi connectivity index (χ3n) is 4.85. The van der Waals surface area contributed by atoms with Crippen molar-refractivity contribution < 1.29 is 23.7 Å². The van der Waals surface area contributed by atoms with Crippen LogP contribution in [0.2, 0.25) is 0 Å². The highest BCUT2D eigenvalue weighted by molar-refractivity contribution is 5.84. The second kappa shape index (κ2) is 8.27. The molecule has 1 N–H and O–H groups in total. The number of carbonyl (C=O) groups excluding carboxylic acids is 1. The van der Waals surface area contributed by atoms with Crippen LogP contribution in [-0.4, -0.2) is 37.8 Å². The molecule has 4 rings (SSSR count). The largest absolute Gasteiger partial charge is 0.487 e. The smallest absolute Gasteiger partial charge is 0.439 e. The summed E-state index contributed by atoms with van der Waals surface area (Å²) in [6, 6.07) is 17.4. The van der Waals surface area contributed by atoms with Crippen LogP contribution in [0.25, 0.3) is 10.9 Å². The lowest BCUT2D eigenvalue weighted by molar-refractivity contribution is -0.353. The quantitative estimate of drug-likeness (QED) is 0.492. The van der Waals surface area contributed by atoms with Gasteiger partial charge in [0.05, 0.1) is 5.69 Å². The van der Waals surface area contributed by atoms with Crippen LogP contribution in [0.15, 0.2) is 54.6 Å². The van der Waals surface area contributed by atoms with Gasteiger partial charge in [-0.25, -0.2) is 15.4 Å². The van der Waals surface area contributed by atoms with E-state index in [1.54, 1.807) is 5.01 Å². The lowest BCUT2D eigenvalue weighted by Crippen LogP contribution is -2.66. The fourth-order valence-electron chi connectivity index (χ4n) is 3.39. The van der Waals surface area contributed by atoms with E-state index in [9.17, 15) is 4.79 Å². The number of hydrogen-bond donors (Lipinski definition) is 1. The molecule has 2 aromatic carbocycles. The number of pyridine rings is 1. The standard InChI is InChI=1S/C22H23N3O5/c1-15-11-12-16-8-6-10-19(21(16)24-15)29-14-17-7-4-5-9-18(17)25-22(27-2,28-3)30-20(26)13-23-25/h4-12,23H,13-14H2,1-3H3. The van der Waals surface area contributed by atoms with Crippen molar-refractivity contribution in [1.29, 1.82) is 0 Å². The molecule has 0 atom stereocenters. The van der Waals surface area contributed by atoms with Crippen molar-refractivity contribution in [3.05, 3.63) is 65.9 Å². The number of methoxy groups -OCH3 is 2. The summed E-state index contributed by atoms with van der Waals surface area (Å²) in [5.74, 6) is 0.203. The van der Waals surface area contributed by atoms with Crippen LogP contribution < -0.4 is 15.2 Å². The van der Waals surface area contributed by atoms with E-state index in [4.69, 9.17) is 18.9 Å². The van der Waals surface area contributed by atoms with Crippen LogP contribution in [0.3, 0.4) is 0 Å². The number of rotatable bonds is 6. The number of aryl methyl sites for hydroxylation is 1. The number of hydrazine groups is 1. The van der Waals surface area contributed by atoms with Gasteiger partial charge in [-0.3, -0.25) is 4.79 Å². The molecule has 1 aliphatic heterocycles. The van der Waals surface area contributed by atoms with Gasteiger partial charge in [0.2, 0.25) is 0 Å². The lowest BCUT2D eigenvalue weighted by atomic mass is 10.1. The molecule has 8 heteroatoms. The minimum absolute atomic E-state index is 0.0177. The molecule has 0 unspecified atom stereocenters. The Bertz CT molecular complexity index is 1070. The van der Waals surface area contributed by atoms with Crippen LogP contribution >= 0.6 is 0 Å². The molecule has 30 heavy (non-hydrogen) atoms. The summed E-state index contributed by atoms with van der Waals surface area (Å²) in [6.45, 7) is 2.20. The summed E-state index contributed by atoms with van der Waals surface area (Å²) >= 11 is 0. The number of anilines is 1. The molecule has 1 aromatic heterocycles.